The predicted molar refractivity (Wildman–Crippen MR) is 283 cm³/mol. The summed E-state index contributed by atoms with van der Waals surface area (Å²) in [4.78, 5) is 11.8. The molecule has 2 aliphatic heterocycles. The van der Waals surface area contributed by atoms with E-state index in [-0.39, 0.29) is 31.9 Å². The molecule has 0 radical (unpaired) electrons. The number of hydrogen-bond acceptors (Lipinski definition) is 5. The van der Waals surface area contributed by atoms with Crippen LogP contribution >= 0.6 is 0 Å². The Bertz CT molecular complexity index is 3310. The van der Waals surface area contributed by atoms with Crippen molar-refractivity contribution in [2.45, 2.75) is 52.4 Å². The summed E-state index contributed by atoms with van der Waals surface area (Å²) in [5.74, 6) is 2.10. The van der Waals surface area contributed by atoms with E-state index in [4.69, 9.17) is 9.72 Å². The van der Waals surface area contributed by atoms with Crippen LogP contribution in [0.15, 0.2) is 194 Å². The quantitative estimate of drug-likeness (QED) is 0.112. The van der Waals surface area contributed by atoms with Crippen molar-refractivity contribution in [3.8, 4) is 44.9 Å². The van der Waals surface area contributed by atoms with Crippen molar-refractivity contribution in [1.29, 1.82) is 0 Å². The molecule has 0 N–H and O–H groups in total. The third-order valence-corrected chi connectivity index (χ3v) is 15.9. The van der Waals surface area contributed by atoms with Gasteiger partial charge in [0, 0.05) is 32.2 Å². The molecule has 0 spiro atoms. The average Bonchev–Trinajstić information content (AvgIpc) is 3.74. The molecule has 7 heteroatoms. The van der Waals surface area contributed by atoms with E-state index >= 15 is 0 Å². The number of ether oxygens (including phenoxy) is 1. The molecule has 69 heavy (non-hydrogen) atoms. The number of nitrogens with zero attached hydrogens (tertiary/aromatic N) is 4. The molecule has 0 bridgehead atoms. The molecule has 0 fully saturated rings. The van der Waals surface area contributed by atoms with Gasteiger partial charge in [0.2, 0.25) is 0 Å². The number of hydrogen-bond donors (Lipinski definition) is 0. The summed E-state index contributed by atoms with van der Waals surface area (Å²) < 4.78 is 9.44. The molecule has 3 heterocycles. The van der Waals surface area contributed by atoms with Gasteiger partial charge >= 0.3 is 245 Å². The molecular formula is C62H51N4OPtTe-3. The molecular weight excluding hydrogens is 1140 g/mol. The SMILES string of the molecule is CC(C)(C)c1ccc(-c2cccc(-c3ccccc3)c2N2[CH-]N(c3[c-]c(Oc4[c-]c5c(cc4)[Te]c4ccccc4N5c4cc(C(C)(C)C)ccn4)ccc3)c3cc(-c4ccccc4)ccc32)cc1.[Pt]. The predicted octanol–water partition coefficient (Wildman–Crippen LogP) is 14.9. The van der Waals surface area contributed by atoms with E-state index in [1.54, 1.807) is 0 Å². The van der Waals surface area contributed by atoms with Gasteiger partial charge in [-0.2, -0.15) is 0 Å². The molecule has 0 saturated heterocycles. The summed E-state index contributed by atoms with van der Waals surface area (Å²) >= 11 is -0.677. The third-order valence-electron chi connectivity index (χ3n) is 12.7. The summed E-state index contributed by atoms with van der Waals surface area (Å²) in [5.41, 5.74) is 15.6. The van der Waals surface area contributed by atoms with E-state index < -0.39 is 20.9 Å². The first kappa shape index (κ1) is 46.3. The summed E-state index contributed by atoms with van der Waals surface area (Å²) in [6.45, 7) is 15.7. The first-order chi connectivity index (χ1) is 33.0. The van der Waals surface area contributed by atoms with Crippen LogP contribution in [0.3, 0.4) is 0 Å². The molecule has 0 saturated carbocycles. The van der Waals surface area contributed by atoms with Gasteiger partial charge in [-0.3, -0.25) is 0 Å². The Labute approximate surface area is 431 Å². The van der Waals surface area contributed by atoms with Crippen LogP contribution in [0, 0.1) is 18.8 Å². The van der Waals surface area contributed by atoms with Crippen molar-refractivity contribution in [3.05, 3.63) is 224 Å². The number of rotatable bonds is 8. The maximum Gasteiger partial charge on any atom is 0 e. The van der Waals surface area contributed by atoms with Crippen molar-refractivity contribution in [1.82, 2.24) is 4.98 Å². The Hall–Kier alpha value is -6.41. The van der Waals surface area contributed by atoms with Crippen LogP contribution in [-0.4, -0.2) is 25.9 Å². The molecule has 5 nitrogen and oxygen atoms in total. The average molecular weight is 1190 g/mol. The van der Waals surface area contributed by atoms with Crippen molar-refractivity contribution >= 4 is 68.1 Å². The van der Waals surface area contributed by atoms with Crippen LogP contribution in [0.4, 0.5) is 39.9 Å². The fourth-order valence-corrected chi connectivity index (χ4v) is 12.0. The number of anilines is 7. The molecule has 0 unspecified atom stereocenters. The first-order valence-corrected chi connectivity index (χ1v) is 25.5. The van der Waals surface area contributed by atoms with E-state index in [0.717, 1.165) is 73.3 Å². The zero-order chi connectivity index (χ0) is 46.6. The zero-order valence-electron chi connectivity index (χ0n) is 39.5. The summed E-state index contributed by atoms with van der Waals surface area (Å²) in [6, 6.07) is 74.7. The Kier molecular flexibility index (Phi) is 12.6. The van der Waals surface area contributed by atoms with Crippen molar-refractivity contribution in [2.75, 3.05) is 14.7 Å². The van der Waals surface area contributed by atoms with Gasteiger partial charge in [-0.1, -0.05) is 130 Å². The molecule has 344 valence electrons. The maximum atomic E-state index is 6.78. The number of benzene rings is 8. The topological polar surface area (TPSA) is 31.8 Å². The van der Waals surface area contributed by atoms with Gasteiger partial charge in [-0.25, -0.2) is 0 Å². The van der Waals surface area contributed by atoms with E-state index in [9.17, 15) is 0 Å². The molecule has 0 amide bonds. The fraction of sp³-hybridized carbons (Fsp3) is 0.129. The van der Waals surface area contributed by atoms with Gasteiger partial charge in [0.15, 0.2) is 0 Å². The van der Waals surface area contributed by atoms with Crippen molar-refractivity contribution < 1.29 is 25.8 Å². The Morgan fingerprint density at radius 1 is 0.493 bits per heavy atom. The van der Waals surface area contributed by atoms with Crippen molar-refractivity contribution in [3.63, 3.8) is 0 Å². The van der Waals surface area contributed by atoms with E-state index in [1.807, 2.05) is 18.3 Å². The van der Waals surface area contributed by atoms with Crippen LogP contribution in [0.2, 0.25) is 0 Å². The van der Waals surface area contributed by atoms with Crippen LogP contribution in [0.1, 0.15) is 52.7 Å². The normalized spacial score (nSPS) is 13.0. The molecule has 0 atom stereocenters. The van der Waals surface area contributed by atoms with Crippen LogP contribution in [0.5, 0.6) is 11.5 Å². The summed E-state index contributed by atoms with van der Waals surface area (Å²) in [5, 5.41) is 0. The maximum absolute atomic E-state index is 6.78. The van der Waals surface area contributed by atoms with Crippen LogP contribution in [-0.2, 0) is 31.9 Å². The van der Waals surface area contributed by atoms with Crippen molar-refractivity contribution in [2.24, 2.45) is 0 Å². The second kappa shape index (κ2) is 18.8. The minimum Gasteiger partial charge on any atom is -0.0579 e. The van der Waals surface area contributed by atoms with Gasteiger partial charge in [0.25, 0.3) is 0 Å². The third kappa shape index (κ3) is 9.15. The first-order valence-electron chi connectivity index (χ1n) is 23.2. The minimum atomic E-state index is -0.677. The van der Waals surface area contributed by atoms with E-state index in [2.05, 4.69) is 251 Å². The van der Waals surface area contributed by atoms with E-state index in [1.165, 1.54) is 18.3 Å². The smallest absolute Gasteiger partial charge is 0 e. The Balaban J connectivity index is 0.00000553. The molecule has 8 aromatic carbocycles. The van der Waals surface area contributed by atoms with Crippen LogP contribution < -0.4 is 26.7 Å². The van der Waals surface area contributed by atoms with E-state index in [0.29, 0.717) is 11.5 Å². The van der Waals surface area contributed by atoms with Crippen LogP contribution in [0.25, 0.3) is 33.4 Å². The van der Waals surface area contributed by atoms with Gasteiger partial charge in [0.05, 0.1) is 0 Å². The molecule has 2 aliphatic rings. The van der Waals surface area contributed by atoms with Gasteiger partial charge < -0.3 is 0 Å². The number of fused-ring (bicyclic) bond motifs is 3. The van der Waals surface area contributed by atoms with Gasteiger partial charge in [-0.15, -0.1) is 0 Å². The standard InChI is InChI=1S/C62H51N4OTe.Pt/c1-61(2,3)46-30-27-44(28-31-46)52-24-16-23-51(43-19-11-8-12-20-43)60(52)65-41-64(55-37-45(29-33-53(55)65)42-17-9-7-10-18-42)48-21-15-22-49(39-48)67-50-32-34-58-56(40-50)66(54-25-13-14-26-57(54)68-58)59-38-47(35-36-63-59)62(4,5)6;/h7-38,41H,1-6H3;/q-3;. The molecule has 9 aromatic rings. The fourth-order valence-electron chi connectivity index (χ4n) is 9.10. The number of pyridine rings is 1. The number of para-hydroxylation sites is 2. The second-order valence-electron chi connectivity index (χ2n) is 19.4. The zero-order valence-corrected chi connectivity index (χ0v) is 44.1. The van der Waals surface area contributed by atoms with Gasteiger partial charge in [0.1, 0.15) is 0 Å². The Morgan fingerprint density at radius 3 is 1.86 bits per heavy atom. The second-order valence-corrected chi connectivity index (χ2v) is 22.5. The Morgan fingerprint density at radius 2 is 1.13 bits per heavy atom. The summed E-state index contributed by atoms with van der Waals surface area (Å²) in [6.07, 6.45) is 1.92. The number of aromatic nitrogens is 1. The minimum absolute atomic E-state index is 0. The molecule has 11 rings (SSSR count). The molecule has 1 aromatic heterocycles. The summed E-state index contributed by atoms with van der Waals surface area (Å²) in [7, 11) is 0. The monoisotopic (exact) mass is 1190 g/mol. The van der Waals surface area contributed by atoms with Gasteiger partial charge in [-0.05, 0) is 27.7 Å². The molecule has 0 aliphatic carbocycles. The largest absolute Gasteiger partial charge is 0.0579 e.